The van der Waals surface area contributed by atoms with E-state index in [9.17, 15) is 29.7 Å². The van der Waals surface area contributed by atoms with E-state index in [0.717, 1.165) is 33.4 Å². The molecule has 3 unspecified atom stereocenters. The Morgan fingerprint density at radius 2 is 0.988 bits per heavy atom. The van der Waals surface area contributed by atoms with Gasteiger partial charge in [-0.15, -0.1) is 23.5 Å². The van der Waals surface area contributed by atoms with E-state index in [1.54, 1.807) is 82.9 Å². The number of ether oxygens (including phenoxy) is 1. The number of rotatable bonds is 27. The Morgan fingerprint density at radius 1 is 0.558 bits per heavy atom. The van der Waals surface area contributed by atoms with Crippen molar-refractivity contribution in [2.45, 2.75) is 106 Å². The molecule has 3 amide bonds. The Kier molecular flexibility index (Phi) is 22.1. The van der Waals surface area contributed by atoms with Crippen LogP contribution in [0.2, 0.25) is 0 Å². The van der Waals surface area contributed by atoms with Gasteiger partial charge >= 0.3 is 12.1 Å². The van der Waals surface area contributed by atoms with Crippen molar-refractivity contribution in [3.8, 4) is 0 Å². The fourth-order valence-corrected chi connectivity index (χ4v) is 13.9. The summed E-state index contributed by atoms with van der Waals surface area (Å²) in [5.74, 6) is -3.22. The van der Waals surface area contributed by atoms with E-state index in [1.807, 2.05) is 152 Å². The third kappa shape index (κ3) is 16.0. The minimum atomic E-state index is -1.47. The van der Waals surface area contributed by atoms with Crippen LogP contribution in [0.1, 0.15) is 92.8 Å². The van der Waals surface area contributed by atoms with Gasteiger partial charge in [0.1, 0.15) is 17.7 Å². The predicted molar refractivity (Wildman–Crippen MR) is 344 cm³/mol. The van der Waals surface area contributed by atoms with Crippen molar-refractivity contribution in [1.82, 2.24) is 20.5 Å². The molecule has 0 fully saturated rings. The molecule has 5 atom stereocenters. The monoisotopic (exact) mass is 1190 g/mol. The number of carbonyl (C=O) groups excluding carboxylic acids is 4. The van der Waals surface area contributed by atoms with Crippen LogP contribution >= 0.6 is 23.5 Å². The van der Waals surface area contributed by atoms with Crippen LogP contribution in [0.3, 0.4) is 0 Å². The lowest BCUT2D eigenvalue weighted by atomic mass is 9.84. The Labute approximate surface area is 512 Å². The number of hydrogen-bond donors (Lipinski definition) is 6. The second-order valence-electron chi connectivity index (χ2n) is 22.6. The van der Waals surface area contributed by atoms with Gasteiger partial charge in [0.05, 0.1) is 46.1 Å². The highest BCUT2D eigenvalue weighted by Gasteiger charge is 2.41. The molecule has 8 rings (SSSR count). The summed E-state index contributed by atoms with van der Waals surface area (Å²) in [5.41, 5.74) is 6.21. The van der Waals surface area contributed by atoms with Crippen molar-refractivity contribution >= 4 is 64.2 Å². The molecule has 0 bridgehead atoms. The molecule has 0 aliphatic rings. The fraction of sp³-hybridized carbons (Fsp3) is 0.282. The maximum absolute atomic E-state index is 15.4. The molecule has 446 valence electrons. The molecule has 86 heavy (non-hydrogen) atoms. The number of carboxylic acids is 1. The first-order valence-electron chi connectivity index (χ1n) is 29.0. The number of nitrogens with zero attached hydrogens (tertiary/aromatic N) is 1. The average molecular weight is 1190 g/mol. The second kappa shape index (κ2) is 29.7. The number of carboxylic acid groups (broad SMARTS) is 1. The van der Waals surface area contributed by atoms with Crippen LogP contribution in [0.4, 0.5) is 4.79 Å². The van der Waals surface area contributed by atoms with Gasteiger partial charge in [-0.2, -0.15) is 0 Å². The number of amides is 3. The van der Waals surface area contributed by atoms with Gasteiger partial charge in [-0.25, -0.2) is 4.79 Å². The number of aliphatic hydroxyl groups excluding tert-OH is 2. The third-order valence-electron chi connectivity index (χ3n) is 14.8. The minimum absolute atomic E-state index is 0.0698. The molecular formula is C71H76N4O9S2. The number of allylic oxidation sites excluding steroid dienone is 1. The molecule has 8 aromatic rings. The zero-order valence-electron chi connectivity index (χ0n) is 49.1. The van der Waals surface area contributed by atoms with E-state index >= 15 is 9.59 Å². The maximum atomic E-state index is 15.4. The molecule has 6 N–H and O–H groups in total. The van der Waals surface area contributed by atoms with Gasteiger partial charge in [-0.1, -0.05) is 226 Å². The number of aromatic nitrogens is 1. The summed E-state index contributed by atoms with van der Waals surface area (Å²) in [6.45, 7) is 8.78. The van der Waals surface area contributed by atoms with Crippen molar-refractivity contribution in [2.75, 3.05) is 11.5 Å². The van der Waals surface area contributed by atoms with Crippen LogP contribution < -0.4 is 16.0 Å². The van der Waals surface area contributed by atoms with Gasteiger partial charge in [-0.05, 0) is 83.9 Å². The van der Waals surface area contributed by atoms with Gasteiger partial charge in [0, 0.05) is 23.8 Å². The number of thioether (sulfide) groups is 2. The molecule has 7 aromatic carbocycles. The van der Waals surface area contributed by atoms with Gasteiger partial charge in [0.2, 0.25) is 17.7 Å². The van der Waals surface area contributed by atoms with Crippen LogP contribution in [-0.2, 0) is 39.8 Å². The standard InChI is InChI=1S/C71H76N4O9S2/c1-49(2)65(62(77)46-64(79)80)74-67(82)60(48-86-71(54-34-18-9-19-35-54,55-36-20-10-21-37-55)56-38-22-11-23-39-56)73-66(81)59(44-50-47-75(68(83)84-69(3,4)5)61-42-25-24-41-58(50)61)72-63(78)45-57(76)40-26-27-43-85-70(51-28-12-6-13-29-51,52-30-14-7-15-31-52)53-32-16-8-17-33-53/h6-26,28-42,47,49,57,59-60,62,65,76-77H,27,43-46,48H2,1-5H3,(H,72,78)(H,73,81)(H,74,82)(H,79,80)/b40-26+/t57-,59-,60?,62?,65?/m1/s1. The van der Waals surface area contributed by atoms with E-state index in [-0.39, 0.29) is 12.2 Å². The van der Waals surface area contributed by atoms with Crippen LogP contribution in [0.15, 0.2) is 225 Å². The summed E-state index contributed by atoms with van der Waals surface area (Å²) in [4.78, 5) is 70.5. The highest BCUT2D eigenvalue weighted by atomic mass is 32.2. The van der Waals surface area contributed by atoms with Crippen LogP contribution in [-0.4, -0.2) is 97.1 Å². The quantitative estimate of drug-likeness (QED) is 0.0163. The summed E-state index contributed by atoms with van der Waals surface area (Å²) in [5, 5.41) is 41.8. The summed E-state index contributed by atoms with van der Waals surface area (Å²) < 4.78 is 5.65. The predicted octanol–water partition coefficient (Wildman–Crippen LogP) is 12.1. The van der Waals surface area contributed by atoms with Crippen molar-refractivity contribution in [1.29, 1.82) is 0 Å². The first kappa shape index (κ1) is 63.8. The lowest BCUT2D eigenvalue weighted by Crippen LogP contribution is -2.58. The largest absolute Gasteiger partial charge is 0.481 e. The SMILES string of the molecule is CC(C)C(NC(=O)C(CSC(c1ccccc1)(c1ccccc1)c1ccccc1)NC(=O)[C@@H](Cc1cn(C(=O)OC(C)(C)C)c2ccccc12)NC(=O)C[C@H](O)/C=C/CCSC(c1ccccc1)(c1ccccc1)c1ccccc1)C(O)CC(=O)O. The van der Waals surface area contributed by atoms with Crippen LogP contribution in [0.5, 0.6) is 0 Å². The minimum Gasteiger partial charge on any atom is -0.481 e. The summed E-state index contributed by atoms with van der Waals surface area (Å²) in [6.07, 6.45) is 0.964. The summed E-state index contributed by atoms with van der Waals surface area (Å²) in [6, 6.07) is 63.9. The van der Waals surface area contributed by atoms with E-state index in [4.69, 9.17) is 4.74 Å². The number of carbonyl (C=O) groups is 5. The summed E-state index contributed by atoms with van der Waals surface area (Å²) >= 11 is 3.18. The number of benzene rings is 7. The smallest absolute Gasteiger partial charge is 0.419 e. The lowest BCUT2D eigenvalue weighted by Gasteiger charge is -2.37. The van der Waals surface area contributed by atoms with Crippen LogP contribution in [0, 0.1) is 5.92 Å². The number of fused-ring (bicyclic) bond motifs is 1. The van der Waals surface area contributed by atoms with Crippen molar-refractivity contribution < 1.29 is 44.0 Å². The van der Waals surface area contributed by atoms with Crippen molar-refractivity contribution in [3.05, 3.63) is 264 Å². The number of para-hydroxylation sites is 1. The van der Waals surface area contributed by atoms with Gasteiger partial charge < -0.3 is 36.0 Å². The molecule has 13 nitrogen and oxygen atoms in total. The fourth-order valence-electron chi connectivity index (χ4n) is 10.8. The van der Waals surface area contributed by atoms with E-state index in [0.29, 0.717) is 28.6 Å². The molecule has 0 radical (unpaired) electrons. The zero-order chi connectivity index (χ0) is 61.3. The molecular weight excluding hydrogens is 1120 g/mol. The average Bonchev–Trinajstić information content (AvgIpc) is 3.40. The molecule has 0 aliphatic heterocycles. The molecule has 15 heteroatoms. The van der Waals surface area contributed by atoms with Gasteiger partial charge in [-0.3, -0.25) is 23.7 Å². The topological polar surface area (TPSA) is 196 Å². The highest BCUT2D eigenvalue weighted by molar-refractivity contribution is 8.00. The van der Waals surface area contributed by atoms with Gasteiger partial charge in [0.15, 0.2) is 0 Å². The molecule has 0 aliphatic carbocycles. The number of hydrogen-bond acceptors (Lipinski definition) is 10. The lowest BCUT2D eigenvalue weighted by molar-refractivity contribution is -0.140. The van der Waals surface area contributed by atoms with E-state index in [1.165, 1.54) is 16.3 Å². The molecule has 1 heterocycles. The normalized spacial score (nSPS) is 13.8. The molecule has 0 saturated carbocycles. The van der Waals surface area contributed by atoms with Crippen molar-refractivity contribution in [3.63, 3.8) is 0 Å². The first-order chi connectivity index (χ1) is 41.4. The zero-order valence-corrected chi connectivity index (χ0v) is 50.8. The number of nitrogens with one attached hydrogen (secondary N) is 3. The van der Waals surface area contributed by atoms with Gasteiger partial charge in [0.25, 0.3) is 0 Å². The third-order valence-corrected chi connectivity index (χ3v) is 18.0. The maximum Gasteiger partial charge on any atom is 0.419 e. The Hall–Kier alpha value is -8.21. The van der Waals surface area contributed by atoms with Crippen LogP contribution in [0.25, 0.3) is 10.9 Å². The highest BCUT2D eigenvalue weighted by Crippen LogP contribution is 2.50. The summed E-state index contributed by atoms with van der Waals surface area (Å²) in [7, 11) is 0. The molecule has 1 aromatic heterocycles. The Balaban J connectivity index is 1.10. The number of aliphatic hydroxyl groups is 2. The Morgan fingerprint density at radius 3 is 1.43 bits per heavy atom. The van der Waals surface area contributed by atoms with Crippen molar-refractivity contribution in [2.24, 2.45) is 5.92 Å². The van der Waals surface area contributed by atoms with E-state index in [2.05, 4.69) is 52.3 Å². The Bertz CT molecular complexity index is 3330. The molecule has 0 saturated heterocycles. The number of aliphatic carboxylic acids is 1. The first-order valence-corrected chi connectivity index (χ1v) is 30.9. The second-order valence-corrected chi connectivity index (χ2v) is 25.1. The van der Waals surface area contributed by atoms with E-state index < -0.39 is 94.0 Å². The molecule has 0 spiro atoms.